The molecule has 0 heterocycles. The predicted molar refractivity (Wildman–Crippen MR) is 78.3 cm³/mol. The third-order valence-electron chi connectivity index (χ3n) is 2.40. The lowest BCUT2D eigenvalue weighted by atomic mass is 10.5. The van der Waals surface area contributed by atoms with E-state index >= 15 is 0 Å². The van der Waals surface area contributed by atoms with E-state index in [4.69, 9.17) is 18.1 Å². The molecule has 0 radical (unpaired) electrons. The first kappa shape index (κ1) is 18.2. The Morgan fingerprint density at radius 3 is 1.78 bits per heavy atom. The molecule has 0 aromatic carbocycles. The van der Waals surface area contributed by atoms with Gasteiger partial charge in [0, 0.05) is 32.4 Å². The molecular weight excluding hydrogens is 266 g/mol. The SMILES string of the molecule is CCON([SiH3])CCC[Si](OCC)(OCC)OCC. The van der Waals surface area contributed by atoms with Gasteiger partial charge in [-0.1, -0.05) is 0 Å². The van der Waals surface area contributed by atoms with Crippen molar-refractivity contribution < 1.29 is 18.1 Å². The van der Waals surface area contributed by atoms with Gasteiger partial charge in [0.15, 0.2) is 0 Å². The third kappa shape index (κ3) is 7.62. The van der Waals surface area contributed by atoms with Crippen LogP contribution in [0.5, 0.6) is 0 Å². The number of nitrogens with zero attached hydrogens (tertiary/aromatic N) is 1. The Kier molecular flexibility index (Phi) is 11.2. The van der Waals surface area contributed by atoms with Crippen LogP contribution in [0.25, 0.3) is 0 Å². The van der Waals surface area contributed by atoms with Crippen molar-refractivity contribution in [1.82, 2.24) is 4.73 Å². The summed E-state index contributed by atoms with van der Waals surface area (Å²) < 4.78 is 19.4. The number of rotatable bonds is 12. The second-order valence-corrected chi connectivity index (χ2v) is 7.58. The van der Waals surface area contributed by atoms with Gasteiger partial charge in [0.25, 0.3) is 0 Å². The van der Waals surface area contributed by atoms with Crippen LogP contribution in [0.15, 0.2) is 0 Å². The minimum Gasteiger partial charge on any atom is -0.374 e. The highest BCUT2D eigenvalue weighted by molar-refractivity contribution is 6.60. The van der Waals surface area contributed by atoms with Crippen molar-refractivity contribution in [2.45, 2.75) is 40.2 Å². The lowest BCUT2D eigenvalue weighted by Gasteiger charge is -2.29. The molecule has 7 heteroatoms. The van der Waals surface area contributed by atoms with Gasteiger partial charge in [-0.15, -0.1) is 0 Å². The van der Waals surface area contributed by atoms with Crippen molar-refractivity contribution in [1.29, 1.82) is 0 Å². The molecule has 110 valence electrons. The van der Waals surface area contributed by atoms with Crippen molar-refractivity contribution in [3.8, 4) is 0 Å². The van der Waals surface area contributed by atoms with E-state index in [-0.39, 0.29) is 0 Å². The van der Waals surface area contributed by atoms with Gasteiger partial charge in [-0.25, -0.2) is 4.73 Å². The maximum atomic E-state index is 5.80. The summed E-state index contributed by atoms with van der Waals surface area (Å²) in [6.07, 6.45) is 0.982. The Bertz CT molecular complexity index is 181. The fraction of sp³-hybridized carbons (Fsp3) is 1.00. The normalized spacial score (nSPS) is 12.5. The van der Waals surface area contributed by atoms with E-state index in [0.717, 1.165) is 36.0 Å². The first-order chi connectivity index (χ1) is 8.64. The van der Waals surface area contributed by atoms with Crippen LogP contribution < -0.4 is 0 Å². The van der Waals surface area contributed by atoms with Gasteiger partial charge in [-0.2, -0.15) is 0 Å². The molecule has 0 bridgehead atoms. The highest BCUT2D eigenvalue weighted by Gasteiger charge is 2.39. The van der Waals surface area contributed by atoms with E-state index in [9.17, 15) is 0 Å². The van der Waals surface area contributed by atoms with E-state index < -0.39 is 8.80 Å². The van der Waals surface area contributed by atoms with Crippen molar-refractivity contribution in [3.05, 3.63) is 0 Å². The van der Waals surface area contributed by atoms with Gasteiger partial charge >= 0.3 is 8.80 Å². The summed E-state index contributed by atoms with van der Waals surface area (Å²) in [7, 11) is -1.54. The monoisotopic (exact) mass is 295 g/mol. The van der Waals surface area contributed by atoms with Crippen LogP contribution in [0.3, 0.4) is 0 Å². The molecule has 0 atom stereocenters. The standard InChI is InChI=1S/C11H29NO4Si2/c1-5-13-12(17)10-9-11-18(14-6-2,15-7-3)16-8-4/h5-11H2,1-4,17H3. The Balaban J connectivity index is 4.20. The molecule has 0 N–H and O–H groups in total. The van der Waals surface area contributed by atoms with E-state index in [1.54, 1.807) is 0 Å². The summed E-state index contributed by atoms with van der Waals surface area (Å²) in [6, 6.07) is 0.855. The molecule has 0 rings (SSSR count). The molecular formula is C11H29NO4Si2. The summed E-state index contributed by atoms with van der Waals surface area (Å²) in [4.78, 5) is 5.42. The van der Waals surface area contributed by atoms with E-state index in [1.165, 1.54) is 0 Å². The second-order valence-electron chi connectivity index (χ2n) is 3.85. The Morgan fingerprint density at radius 1 is 0.889 bits per heavy atom. The van der Waals surface area contributed by atoms with Crippen LogP contribution in [0.2, 0.25) is 6.04 Å². The lowest BCUT2D eigenvalue weighted by Crippen LogP contribution is -2.46. The van der Waals surface area contributed by atoms with Crippen LogP contribution >= 0.6 is 0 Å². The zero-order chi connectivity index (χ0) is 13.9. The summed E-state index contributed by atoms with van der Waals surface area (Å²) in [6.45, 7) is 11.5. The zero-order valence-electron chi connectivity index (χ0n) is 12.5. The molecule has 0 unspecified atom stereocenters. The van der Waals surface area contributed by atoms with Crippen molar-refractivity contribution in [2.24, 2.45) is 0 Å². The zero-order valence-corrected chi connectivity index (χ0v) is 15.5. The Hall–Kier alpha value is 0.234. The molecule has 0 amide bonds. The summed E-state index contributed by atoms with van der Waals surface area (Å²) >= 11 is 0. The number of hydroxylamine groups is 1. The van der Waals surface area contributed by atoms with E-state index in [2.05, 4.69) is 0 Å². The molecule has 0 fully saturated rings. The van der Waals surface area contributed by atoms with Crippen LogP contribution in [-0.2, 0) is 18.1 Å². The van der Waals surface area contributed by atoms with Crippen LogP contribution in [0.1, 0.15) is 34.1 Å². The molecule has 0 aromatic rings. The average molecular weight is 296 g/mol. The molecule has 5 nitrogen and oxygen atoms in total. The van der Waals surface area contributed by atoms with Crippen LogP contribution in [-0.4, -0.2) is 56.9 Å². The number of hydrogen-bond acceptors (Lipinski definition) is 5. The highest BCUT2D eigenvalue weighted by atomic mass is 28.4. The first-order valence-electron chi connectivity index (χ1n) is 6.90. The van der Waals surface area contributed by atoms with Gasteiger partial charge in [0.2, 0.25) is 0 Å². The van der Waals surface area contributed by atoms with Crippen LogP contribution in [0.4, 0.5) is 0 Å². The number of hydrogen-bond donors (Lipinski definition) is 0. The van der Waals surface area contributed by atoms with Gasteiger partial charge in [-0.3, -0.25) is 0 Å². The van der Waals surface area contributed by atoms with Gasteiger partial charge in [0.05, 0.1) is 6.61 Å². The molecule has 0 aliphatic rings. The van der Waals surface area contributed by atoms with E-state index in [0.29, 0.717) is 19.8 Å². The Labute approximate surface area is 116 Å². The summed E-state index contributed by atoms with van der Waals surface area (Å²) in [5, 5.41) is 0. The topological polar surface area (TPSA) is 40.2 Å². The van der Waals surface area contributed by atoms with Gasteiger partial charge in [-0.05, 0) is 34.1 Å². The summed E-state index contributed by atoms with van der Waals surface area (Å²) in [5.41, 5.74) is 0. The lowest BCUT2D eigenvalue weighted by molar-refractivity contribution is -0.0785. The predicted octanol–water partition coefficient (Wildman–Crippen LogP) is 0.959. The molecule has 18 heavy (non-hydrogen) atoms. The minimum atomic E-state index is -2.45. The van der Waals surface area contributed by atoms with Crippen molar-refractivity contribution >= 4 is 19.2 Å². The molecule has 0 spiro atoms. The largest absolute Gasteiger partial charge is 0.500 e. The summed E-state index contributed by atoms with van der Waals surface area (Å²) in [5.74, 6) is 0. The molecule has 0 saturated heterocycles. The van der Waals surface area contributed by atoms with Gasteiger partial charge < -0.3 is 18.1 Å². The van der Waals surface area contributed by atoms with E-state index in [1.807, 2.05) is 32.4 Å². The van der Waals surface area contributed by atoms with Gasteiger partial charge in [0.1, 0.15) is 10.4 Å². The fourth-order valence-corrected chi connectivity index (χ4v) is 4.97. The third-order valence-corrected chi connectivity index (χ3v) is 6.26. The molecule has 0 aliphatic carbocycles. The quantitative estimate of drug-likeness (QED) is 0.396. The minimum absolute atomic E-state index is 0.641. The average Bonchev–Trinajstić information content (AvgIpc) is 2.30. The maximum absolute atomic E-state index is 5.80. The fourth-order valence-electron chi connectivity index (χ4n) is 1.80. The smallest absolute Gasteiger partial charge is 0.374 e. The second kappa shape index (κ2) is 11.1. The highest BCUT2D eigenvalue weighted by Crippen LogP contribution is 2.18. The molecule has 0 saturated carbocycles. The molecule has 0 aromatic heterocycles. The van der Waals surface area contributed by atoms with Crippen molar-refractivity contribution in [3.63, 3.8) is 0 Å². The van der Waals surface area contributed by atoms with Crippen molar-refractivity contribution in [2.75, 3.05) is 33.0 Å². The Morgan fingerprint density at radius 2 is 1.39 bits per heavy atom. The first-order valence-corrected chi connectivity index (χ1v) is 9.72. The molecule has 0 aliphatic heterocycles. The van der Waals surface area contributed by atoms with Crippen LogP contribution in [0, 0.1) is 0 Å². The maximum Gasteiger partial charge on any atom is 0.500 e.